The summed E-state index contributed by atoms with van der Waals surface area (Å²) in [6, 6.07) is 3.79. The molecular formula is C10H11BrClNO2S. The van der Waals surface area contributed by atoms with Gasteiger partial charge in [0.2, 0.25) is 9.05 Å². The van der Waals surface area contributed by atoms with E-state index in [0.717, 1.165) is 10.2 Å². The van der Waals surface area contributed by atoms with E-state index in [1.54, 1.807) is 6.20 Å². The summed E-state index contributed by atoms with van der Waals surface area (Å²) < 4.78 is 22.9. The Bertz CT molecular complexity index is 482. The molecule has 2 rings (SSSR count). The van der Waals surface area contributed by atoms with Gasteiger partial charge in [-0.15, -0.1) is 0 Å². The van der Waals surface area contributed by atoms with Crippen LogP contribution in [0.25, 0.3) is 0 Å². The number of hydrogen-bond donors (Lipinski definition) is 0. The Kier molecular flexibility index (Phi) is 3.29. The Morgan fingerprint density at radius 2 is 2.12 bits per heavy atom. The van der Waals surface area contributed by atoms with Crippen molar-refractivity contribution < 1.29 is 8.42 Å². The summed E-state index contributed by atoms with van der Waals surface area (Å²) in [5.41, 5.74) is 0.898. The first-order valence-corrected chi connectivity index (χ1v) is 8.08. The highest BCUT2D eigenvalue weighted by atomic mass is 79.9. The van der Waals surface area contributed by atoms with Crippen molar-refractivity contribution in [2.75, 3.05) is 0 Å². The number of aromatic nitrogens is 1. The summed E-state index contributed by atoms with van der Waals surface area (Å²) in [5.74, 6) is 0. The van der Waals surface area contributed by atoms with E-state index < -0.39 is 13.8 Å². The SMILES string of the molecule is O=S(=O)(Cl)C1(CCc2ccc(Br)cn2)CC1. The van der Waals surface area contributed by atoms with Crippen LogP contribution in [0.15, 0.2) is 22.8 Å². The average molecular weight is 325 g/mol. The van der Waals surface area contributed by atoms with Crippen LogP contribution in [-0.4, -0.2) is 18.1 Å². The number of halogens is 2. The average Bonchev–Trinajstić information content (AvgIpc) is 2.97. The van der Waals surface area contributed by atoms with Gasteiger partial charge in [0, 0.05) is 27.0 Å². The lowest BCUT2D eigenvalue weighted by molar-refractivity contribution is 0.581. The maximum absolute atomic E-state index is 11.3. The number of pyridine rings is 1. The molecule has 1 saturated carbocycles. The molecule has 0 spiro atoms. The zero-order chi connectivity index (χ0) is 11.8. The number of hydrogen-bond acceptors (Lipinski definition) is 3. The van der Waals surface area contributed by atoms with Gasteiger partial charge in [0.25, 0.3) is 0 Å². The molecule has 0 N–H and O–H groups in total. The molecule has 0 unspecified atom stereocenters. The second-order valence-electron chi connectivity index (χ2n) is 4.09. The molecule has 16 heavy (non-hydrogen) atoms. The molecule has 1 fully saturated rings. The molecule has 1 aromatic heterocycles. The van der Waals surface area contributed by atoms with Gasteiger partial charge in [0.15, 0.2) is 0 Å². The van der Waals surface area contributed by atoms with Crippen molar-refractivity contribution in [1.82, 2.24) is 4.98 Å². The summed E-state index contributed by atoms with van der Waals surface area (Å²) in [7, 11) is 1.99. The second-order valence-corrected chi connectivity index (χ2v) is 7.96. The Labute approximate surface area is 108 Å². The van der Waals surface area contributed by atoms with E-state index in [2.05, 4.69) is 20.9 Å². The summed E-state index contributed by atoms with van der Waals surface area (Å²) >= 11 is 3.30. The molecule has 1 aromatic rings. The maximum Gasteiger partial charge on any atom is 0.238 e. The molecule has 0 atom stereocenters. The minimum atomic E-state index is -3.43. The van der Waals surface area contributed by atoms with Crippen LogP contribution < -0.4 is 0 Å². The molecule has 0 aliphatic heterocycles. The zero-order valence-electron chi connectivity index (χ0n) is 8.49. The van der Waals surface area contributed by atoms with E-state index >= 15 is 0 Å². The predicted octanol–water partition coefficient (Wildman–Crippen LogP) is 2.88. The van der Waals surface area contributed by atoms with Gasteiger partial charge in [0.05, 0.1) is 4.75 Å². The number of nitrogens with zero attached hydrogens (tertiary/aromatic N) is 1. The van der Waals surface area contributed by atoms with Crippen LogP contribution >= 0.6 is 26.6 Å². The van der Waals surface area contributed by atoms with Crippen LogP contribution in [0.5, 0.6) is 0 Å². The van der Waals surface area contributed by atoms with Crippen molar-refractivity contribution in [3.8, 4) is 0 Å². The fraction of sp³-hybridized carbons (Fsp3) is 0.500. The van der Waals surface area contributed by atoms with E-state index in [-0.39, 0.29) is 0 Å². The van der Waals surface area contributed by atoms with E-state index in [9.17, 15) is 8.42 Å². The first kappa shape index (κ1) is 12.3. The molecule has 88 valence electrons. The molecule has 6 heteroatoms. The maximum atomic E-state index is 11.3. The topological polar surface area (TPSA) is 47.0 Å². The second kappa shape index (κ2) is 4.27. The highest BCUT2D eigenvalue weighted by Gasteiger charge is 2.53. The van der Waals surface area contributed by atoms with E-state index in [0.29, 0.717) is 25.7 Å². The third-order valence-corrected chi connectivity index (χ3v) is 6.05. The van der Waals surface area contributed by atoms with E-state index in [1.807, 2.05) is 12.1 Å². The molecular weight excluding hydrogens is 314 g/mol. The highest BCUT2D eigenvalue weighted by Crippen LogP contribution is 2.48. The Morgan fingerprint density at radius 3 is 2.56 bits per heavy atom. The van der Waals surface area contributed by atoms with Crippen LogP contribution in [0, 0.1) is 0 Å². The van der Waals surface area contributed by atoms with Gasteiger partial charge in [0.1, 0.15) is 0 Å². The molecule has 0 amide bonds. The van der Waals surface area contributed by atoms with Crippen LogP contribution in [0.1, 0.15) is 25.0 Å². The van der Waals surface area contributed by atoms with Gasteiger partial charge in [-0.25, -0.2) is 8.42 Å². The standard InChI is InChI=1S/C10H11BrClNO2S/c11-8-1-2-9(13-7-8)3-4-10(5-6-10)16(12,14)15/h1-2,7H,3-6H2. The first-order valence-electron chi connectivity index (χ1n) is 4.98. The van der Waals surface area contributed by atoms with Crippen molar-refractivity contribution in [2.24, 2.45) is 0 Å². The van der Waals surface area contributed by atoms with E-state index in [1.165, 1.54) is 0 Å². The first-order chi connectivity index (χ1) is 7.43. The summed E-state index contributed by atoms with van der Waals surface area (Å²) in [5, 5.41) is 0. The molecule has 1 aliphatic carbocycles. The lowest BCUT2D eigenvalue weighted by atomic mass is 10.1. The quantitative estimate of drug-likeness (QED) is 0.800. The van der Waals surface area contributed by atoms with Crippen LogP contribution in [0.3, 0.4) is 0 Å². The summed E-state index contributed by atoms with van der Waals surface area (Å²) in [6.45, 7) is 0. The Balaban J connectivity index is 2.01. The van der Waals surface area contributed by atoms with Crippen molar-refractivity contribution >= 4 is 35.7 Å². The normalized spacial score (nSPS) is 18.4. The third kappa shape index (κ3) is 2.57. The van der Waals surface area contributed by atoms with Crippen LogP contribution in [-0.2, 0) is 15.5 Å². The molecule has 0 saturated heterocycles. The number of aryl methyl sites for hydroxylation is 1. The van der Waals surface area contributed by atoms with Gasteiger partial charge < -0.3 is 0 Å². The minimum absolute atomic E-state index is 0.563. The monoisotopic (exact) mass is 323 g/mol. The van der Waals surface area contributed by atoms with Crippen molar-refractivity contribution in [3.05, 3.63) is 28.5 Å². The largest absolute Gasteiger partial charge is 0.260 e. The fourth-order valence-corrected chi connectivity index (χ4v) is 3.53. The van der Waals surface area contributed by atoms with Gasteiger partial charge in [-0.1, -0.05) is 0 Å². The summed E-state index contributed by atoms with van der Waals surface area (Å²) in [6.07, 6.45) is 4.28. The zero-order valence-corrected chi connectivity index (χ0v) is 11.6. The molecule has 1 heterocycles. The third-order valence-electron chi connectivity index (χ3n) is 2.95. The predicted molar refractivity (Wildman–Crippen MR) is 67.0 cm³/mol. The van der Waals surface area contributed by atoms with Gasteiger partial charge in [-0.3, -0.25) is 4.98 Å². The smallest absolute Gasteiger partial charge is 0.238 e. The van der Waals surface area contributed by atoms with Gasteiger partial charge >= 0.3 is 0 Å². The molecule has 0 radical (unpaired) electrons. The van der Waals surface area contributed by atoms with Crippen molar-refractivity contribution in [2.45, 2.75) is 30.4 Å². The molecule has 0 bridgehead atoms. The van der Waals surface area contributed by atoms with Crippen molar-refractivity contribution in [1.29, 1.82) is 0 Å². The van der Waals surface area contributed by atoms with Gasteiger partial charge in [-0.05, 0) is 53.7 Å². The summed E-state index contributed by atoms with van der Waals surface area (Å²) in [4.78, 5) is 4.21. The fourth-order valence-electron chi connectivity index (χ4n) is 1.67. The lowest BCUT2D eigenvalue weighted by Gasteiger charge is -2.10. The Hall–Kier alpha value is -0.130. The molecule has 1 aliphatic rings. The van der Waals surface area contributed by atoms with Crippen LogP contribution in [0.2, 0.25) is 0 Å². The van der Waals surface area contributed by atoms with Gasteiger partial charge in [-0.2, -0.15) is 0 Å². The highest BCUT2D eigenvalue weighted by molar-refractivity contribution is 9.10. The minimum Gasteiger partial charge on any atom is -0.260 e. The number of rotatable bonds is 4. The molecule has 0 aromatic carbocycles. The molecule has 3 nitrogen and oxygen atoms in total. The van der Waals surface area contributed by atoms with Crippen LogP contribution in [0.4, 0.5) is 0 Å². The Morgan fingerprint density at radius 1 is 1.44 bits per heavy atom. The van der Waals surface area contributed by atoms with E-state index in [4.69, 9.17) is 10.7 Å². The lowest BCUT2D eigenvalue weighted by Crippen LogP contribution is -2.18. The van der Waals surface area contributed by atoms with Crippen molar-refractivity contribution in [3.63, 3.8) is 0 Å².